The molecule has 2 aromatic carbocycles. The van der Waals surface area contributed by atoms with Gasteiger partial charge >= 0.3 is 0 Å². The van der Waals surface area contributed by atoms with Gasteiger partial charge in [-0.25, -0.2) is 0 Å². The minimum Gasteiger partial charge on any atom is -0.152 e. The van der Waals surface area contributed by atoms with E-state index in [1.54, 1.807) is 0 Å². The van der Waals surface area contributed by atoms with Crippen LogP contribution in [0.3, 0.4) is 0 Å². The molecular formula is C18H16S2. The largest absolute Gasteiger partial charge is 0.152 e. The average molecular weight is 296 g/mol. The lowest BCUT2D eigenvalue weighted by molar-refractivity contribution is 1.31. The van der Waals surface area contributed by atoms with E-state index in [0.717, 1.165) is 28.6 Å². The van der Waals surface area contributed by atoms with Gasteiger partial charge in [0.1, 0.15) is 0 Å². The first-order valence-electron chi connectivity index (χ1n) is 6.67. The van der Waals surface area contributed by atoms with Crippen LogP contribution in [-0.2, 0) is 23.0 Å². The van der Waals surface area contributed by atoms with Gasteiger partial charge in [-0.15, -0.1) is 6.42 Å². The molecule has 0 atom stereocenters. The zero-order valence-electron chi connectivity index (χ0n) is 11.3. The third-order valence-corrected chi connectivity index (χ3v) is 5.51. The first kappa shape index (κ1) is 13.7. The summed E-state index contributed by atoms with van der Waals surface area (Å²) < 4.78 is 0. The summed E-state index contributed by atoms with van der Waals surface area (Å²) in [6, 6.07) is 15.5. The van der Waals surface area contributed by atoms with Crippen molar-refractivity contribution in [3.8, 4) is 12.3 Å². The Morgan fingerprint density at radius 2 is 1.45 bits per heavy atom. The van der Waals surface area contributed by atoms with Crippen molar-refractivity contribution in [1.29, 1.82) is 0 Å². The highest BCUT2D eigenvalue weighted by Crippen LogP contribution is 2.26. The molecule has 100 valence electrons. The molecule has 4 bridgehead atoms. The first-order chi connectivity index (χ1) is 9.85. The molecule has 20 heavy (non-hydrogen) atoms. The zero-order valence-corrected chi connectivity index (χ0v) is 12.9. The molecule has 2 heterocycles. The van der Waals surface area contributed by atoms with Crippen LogP contribution < -0.4 is 0 Å². The molecule has 0 unspecified atom stereocenters. The second-order valence-corrected chi connectivity index (χ2v) is 6.91. The van der Waals surface area contributed by atoms with Crippen molar-refractivity contribution in [3.05, 3.63) is 70.3 Å². The van der Waals surface area contributed by atoms with Crippen LogP contribution in [0.1, 0.15) is 27.8 Å². The SMILES string of the molecule is C#Cc1cc2ccc1CSCc1cccc(c1)CSC2. The molecule has 0 aromatic heterocycles. The van der Waals surface area contributed by atoms with Gasteiger partial charge in [0.2, 0.25) is 0 Å². The second-order valence-electron chi connectivity index (χ2n) is 4.94. The molecule has 2 heteroatoms. The standard InChI is InChI=1S/C18H16S2/c1-2-17-9-16-6-7-18(17)13-20-11-15-5-3-4-14(8-15)10-19-12-16/h1,3-9H,10-13H2. The third-order valence-electron chi connectivity index (χ3n) is 3.38. The summed E-state index contributed by atoms with van der Waals surface area (Å²) in [5.74, 6) is 6.95. The van der Waals surface area contributed by atoms with Gasteiger partial charge in [0.05, 0.1) is 0 Å². The molecule has 2 aromatic rings. The molecule has 0 saturated carbocycles. The van der Waals surface area contributed by atoms with Crippen molar-refractivity contribution in [2.24, 2.45) is 0 Å². The highest BCUT2D eigenvalue weighted by atomic mass is 32.2. The highest BCUT2D eigenvalue weighted by molar-refractivity contribution is 7.98. The van der Waals surface area contributed by atoms with Crippen molar-refractivity contribution < 1.29 is 0 Å². The Bertz CT molecular complexity index is 653. The Labute approximate surface area is 129 Å². The van der Waals surface area contributed by atoms with Gasteiger partial charge in [0.15, 0.2) is 0 Å². The fraction of sp³-hybridized carbons (Fsp3) is 0.222. The lowest BCUT2D eigenvalue weighted by atomic mass is 10.1. The third kappa shape index (κ3) is 3.23. The molecule has 0 amide bonds. The molecule has 0 radical (unpaired) electrons. The average Bonchev–Trinajstić information content (AvgIpc) is 2.49. The zero-order chi connectivity index (χ0) is 13.8. The Morgan fingerprint density at radius 1 is 0.800 bits per heavy atom. The number of rotatable bonds is 0. The van der Waals surface area contributed by atoms with Gasteiger partial charge in [-0.05, 0) is 28.3 Å². The van der Waals surface area contributed by atoms with E-state index in [4.69, 9.17) is 6.42 Å². The number of thioether (sulfide) groups is 2. The quantitative estimate of drug-likeness (QED) is 0.638. The summed E-state index contributed by atoms with van der Waals surface area (Å²) in [7, 11) is 0. The summed E-state index contributed by atoms with van der Waals surface area (Å²) in [4.78, 5) is 0. The Hall–Kier alpha value is -1.30. The molecule has 0 aliphatic carbocycles. The van der Waals surface area contributed by atoms with Crippen LogP contribution in [0.5, 0.6) is 0 Å². The maximum absolute atomic E-state index is 5.65. The topological polar surface area (TPSA) is 0 Å². The molecule has 2 aliphatic rings. The van der Waals surface area contributed by atoms with Crippen LogP contribution in [0.4, 0.5) is 0 Å². The number of fused-ring (bicyclic) bond motifs is 6. The van der Waals surface area contributed by atoms with E-state index in [1.807, 2.05) is 23.5 Å². The number of benzene rings is 2. The van der Waals surface area contributed by atoms with E-state index in [9.17, 15) is 0 Å². The van der Waals surface area contributed by atoms with E-state index < -0.39 is 0 Å². The summed E-state index contributed by atoms with van der Waals surface area (Å²) in [5.41, 5.74) is 6.49. The van der Waals surface area contributed by atoms with Crippen LogP contribution in [0.25, 0.3) is 0 Å². The molecule has 4 rings (SSSR count). The minimum absolute atomic E-state index is 0.983. The Morgan fingerprint density at radius 3 is 2.15 bits per heavy atom. The molecule has 0 fully saturated rings. The number of terminal acetylenes is 1. The fourth-order valence-corrected chi connectivity index (χ4v) is 4.27. The molecule has 0 nitrogen and oxygen atoms in total. The Balaban J connectivity index is 1.90. The van der Waals surface area contributed by atoms with Crippen molar-refractivity contribution in [2.45, 2.75) is 23.0 Å². The van der Waals surface area contributed by atoms with Gasteiger partial charge in [-0.2, -0.15) is 23.5 Å². The van der Waals surface area contributed by atoms with Gasteiger partial charge < -0.3 is 0 Å². The highest BCUT2D eigenvalue weighted by Gasteiger charge is 2.06. The molecule has 2 aliphatic heterocycles. The molecule has 0 spiro atoms. The number of hydrogen-bond acceptors (Lipinski definition) is 2. The second kappa shape index (κ2) is 6.43. The van der Waals surface area contributed by atoms with E-state index in [-0.39, 0.29) is 0 Å². The van der Waals surface area contributed by atoms with E-state index in [0.29, 0.717) is 0 Å². The van der Waals surface area contributed by atoms with Crippen molar-refractivity contribution in [3.63, 3.8) is 0 Å². The summed E-state index contributed by atoms with van der Waals surface area (Å²) >= 11 is 3.88. The van der Waals surface area contributed by atoms with Crippen LogP contribution in [-0.4, -0.2) is 0 Å². The summed E-state index contributed by atoms with van der Waals surface area (Å²) in [6.45, 7) is 0. The normalized spacial score (nSPS) is 14.8. The van der Waals surface area contributed by atoms with Crippen molar-refractivity contribution >= 4 is 23.5 Å². The predicted octanol–water partition coefficient (Wildman–Crippen LogP) is 4.85. The molecular weight excluding hydrogens is 280 g/mol. The van der Waals surface area contributed by atoms with Gasteiger partial charge in [0, 0.05) is 28.6 Å². The van der Waals surface area contributed by atoms with E-state index in [2.05, 4.69) is 48.4 Å². The van der Waals surface area contributed by atoms with Crippen molar-refractivity contribution in [2.75, 3.05) is 0 Å². The van der Waals surface area contributed by atoms with Gasteiger partial charge in [-0.3, -0.25) is 0 Å². The molecule has 0 N–H and O–H groups in total. The van der Waals surface area contributed by atoms with Crippen LogP contribution in [0.2, 0.25) is 0 Å². The predicted molar refractivity (Wildman–Crippen MR) is 90.8 cm³/mol. The van der Waals surface area contributed by atoms with Gasteiger partial charge in [-0.1, -0.05) is 42.3 Å². The van der Waals surface area contributed by atoms with Gasteiger partial charge in [0.25, 0.3) is 0 Å². The molecule has 0 saturated heterocycles. The first-order valence-corrected chi connectivity index (χ1v) is 8.98. The van der Waals surface area contributed by atoms with Crippen LogP contribution in [0.15, 0.2) is 42.5 Å². The van der Waals surface area contributed by atoms with E-state index >= 15 is 0 Å². The Kier molecular flexibility index (Phi) is 4.40. The number of hydrogen-bond donors (Lipinski definition) is 0. The maximum atomic E-state index is 5.65. The summed E-state index contributed by atoms with van der Waals surface area (Å²) in [5, 5.41) is 0. The fourth-order valence-electron chi connectivity index (χ4n) is 2.35. The van der Waals surface area contributed by atoms with E-state index in [1.165, 1.54) is 22.3 Å². The van der Waals surface area contributed by atoms with Crippen LogP contribution >= 0.6 is 23.5 Å². The lowest BCUT2D eigenvalue weighted by Gasteiger charge is -2.07. The monoisotopic (exact) mass is 296 g/mol. The lowest BCUT2D eigenvalue weighted by Crippen LogP contribution is -1.91. The smallest absolute Gasteiger partial charge is 0.0286 e. The summed E-state index contributed by atoms with van der Waals surface area (Å²) in [6.07, 6.45) is 5.65. The van der Waals surface area contributed by atoms with Crippen molar-refractivity contribution in [1.82, 2.24) is 0 Å². The van der Waals surface area contributed by atoms with Crippen LogP contribution in [0, 0.1) is 12.3 Å². The maximum Gasteiger partial charge on any atom is 0.0286 e. The minimum atomic E-state index is 0.983.